The molecule has 0 aliphatic heterocycles. The second-order valence-corrected chi connectivity index (χ2v) is 4.34. The van der Waals surface area contributed by atoms with Crippen LogP contribution < -0.4 is 0 Å². The maximum Gasteiger partial charge on any atom is 0.352 e. The van der Waals surface area contributed by atoms with Gasteiger partial charge in [-0.25, -0.2) is 4.79 Å². The Bertz CT molecular complexity index is 326. The van der Waals surface area contributed by atoms with Gasteiger partial charge in [0.1, 0.15) is 5.69 Å². The predicted molar refractivity (Wildman–Crippen MR) is 55.5 cm³/mol. The van der Waals surface area contributed by atoms with Crippen LogP contribution in [0.3, 0.4) is 0 Å². The third-order valence-corrected chi connectivity index (χ3v) is 2.60. The fourth-order valence-electron chi connectivity index (χ4n) is 1.32. The highest BCUT2D eigenvalue weighted by Gasteiger charge is 2.18. The van der Waals surface area contributed by atoms with Crippen LogP contribution in [-0.4, -0.2) is 15.6 Å². The number of aromatic nitrogens is 1. The van der Waals surface area contributed by atoms with Gasteiger partial charge < -0.3 is 9.67 Å². The van der Waals surface area contributed by atoms with E-state index in [9.17, 15) is 4.79 Å². The van der Waals surface area contributed by atoms with Crippen molar-refractivity contribution >= 4 is 5.97 Å². The minimum absolute atomic E-state index is 0.142. The van der Waals surface area contributed by atoms with Crippen molar-refractivity contribution in [1.82, 2.24) is 4.57 Å². The molecule has 0 saturated heterocycles. The average Bonchev–Trinajstić information content (AvgIpc) is 2.51. The van der Waals surface area contributed by atoms with Gasteiger partial charge >= 0.3 is 5.97 Å². The minimum Gasteiger partial charge on any atom is -0.477 e. The summed E-state index contributed by atoms with van der Waals surface area (Å²) in [6, 6.07) is 3.41. The summed E-state index contributed by atoms with van der Waals surface area (Å²) in [4.78, 5) is 10.8. The van der Waals surface area contributed by atoms with Crippen molar-refractivity contribution in [3.63, 3.8) is 0 Å². The molecule has 1 rings (SSSR count). The van der Waals surface area contributed by atoms with Crippen molar-refractivity contribution in [1.29, 1.82) is 0 Å². The lowest BCUT2D eigenvalue weighted by atomic mass is 9.90. The van der Waals surface area contributed by atoms with Gasteiger partial charge in [0.15, 0.2) is 0 Å². The van der Waals surface area contributed by atoms with Crippen LogP contribution in [0.25, 0.3) is 0 Å². The molecule has 3 heteroatoms. The summed E-state index contributed by atoms with van der Waals surface area (Å²) in [5.41, 5.74) is 0.509. The van der Waals surface area contributed by atoms with E-state index in [2.05, 4.69) is 20.8 Å². The second kappa shape index (κ2) is 3.86. The quantitative estimate of drug-likeness (QED) is 0.802. The molecule has 1 N–H and O–H groups in total. The third kappa shape index (κ3) is 2.37. The first kappa shape index (κ1) is 10.8. The first-order valence-electron chi connectivity index (χ1n) is 4.85. The van der Waals surface area contributed by atoms with Gasteiger partial charge in [-0.3, -0.25) is 0 Å². The standard InChI is InChI=1S/C11H17NO2/c1-4-11(2,3)8-12-7-5-6-9(12)10(13)14/h5-7H,4,8H2,1-3H3,(H,13,14). The number of rotatable bonds is 4. The largest absolute Gasteiger partial charge is 0.477 e. The van der Waals surface area contributed by atoms with Crippen LogP contribution in [0.1, 0.15) is 37.7 Å². The van der Waals surface area contributed by atoms with E-state index in [4.69, 9.17) is 5.11 Å². The van der Waals surface area contributed by atoms with Gasteiger partial charge in [0.2, 0.25) is 0 Å². The van der Waals surface area contributed by atoms with Gasteiger partial charge in [0, 0.05) is 12.7 Å². The van der Waals surface area contributed by atoms with Crippen LogP contribution in [0.15, 0.2) is 18.3 Å². The zero-order chi connectivity index (χ0) is 10.8. The lowest BCUT2D eigenvalue weighted by molar-refractivity contribution is 0.0682. The summed E-state index contributed by atoms with van der Waals surface area (Å²) >= 11 is 0. The van der Waals surface area contributed by atoms with Gasteiger partial charge in [-0.1, -0.05) is 20.8 Å². The lowest BCUT2D eigenvalue weighted by Gasteiger charge is -2.23. The molecule has 0 bridgehead atoms. The molecule has 0 aliphatic carbocycles. The molecule has 14 heavy (non-hydrogen) atoms. The Morgan fingerprint density at radius 1 is 1.57 bits per heavy atom. The van der Waals surface area contributed by atoms with Gasteiger partial charge in [0.25, 0.3) is 0 Å². The van der Waals surface area contributed by atoms with Crippen LogP contribution in [0, 0.1) is 5.41 Å². The van der Waals surface area contributed by atoms with Crippen molar-refractivity contribution in [3.05, 3.63) is 24.0 Å². The van der Waals surface area contributed by atoms with Crippen LogP contribution in [0.5, 0.6) is 0 Å². The summed E-state index contributed by atoms with van der Waals surface area (Å²) in [6.07, 6.45) is 2.85. The molecule has 0 unspecified atom stereocenters. The van der Waals surface area contributed by atoms with E-state index in [0.29, 0.717) is 5.69 Å². The molecule has 3 nitrogen and oxygen atoms in total. The van der Waals surface area contributed by atoms with Crippen LogP contribution >= 0.6 is 0 Å². The SMILES string of the molecule is CCC(C)(C)Cn1cccc1C(=O)O. The number of hydrogen-bond acceptors (Lipinski definition) is 1. The molecule has 78 valence electrons. The molecule has 1 heterocycles. The molecule has 0 saturated carbocycles. The summed E-state index contributed by atoms with van der Waals surface area (Å²) in [5, 5.41) is 8.90. The van der Waals surface area contributed by atoms with E-state index in [1.807, 2.05) is 6.20 Å². The van der Waals surface area contributed by atoms with Crippen LogP contribution in [-0.2, 0) is 6.54 Å². The zero-order valence-electron chi connectivity index (χ0n) is 8.95. The molecule has 0 radical (unpaired) electrons. The Labute approximate surface area is 84.4 Å². The van der Waals surface area contributed by atoms with Crippen molar-refractivity contribution in [2.45, 2.75) is 33.7 Å². The van der Waals surface area contributed by atoms with E-state index >= 15 is 0 Å². The number of carboxylic acid groups (broad SMARTS) is 1. The maximum absolute atomic E-state index is 10.8. The van der Waals surface area contributed by atoms with Crippen molar-refractivity contribution in [2.75, 3.05) is 0 Å². The maximum atomic E-state index is 10.8. The summed E-state index contributed by atoms with van der Waals surface area (Å²) in [7, 11) is 0. The van der Waals surface area contributed by atoms with Crippen LogP contribution in [0.2, 0.25) is 0 Å². The van der Waals surface area contributed by atoms with Gasteiger partial charge in [-0.2, -0.15) is 0 Å². The molecule has 0 spiro atoms. The topological polar surface area (TPSA) is 42.2 Å². The fourth-order valence-corrected chi connectivity index (χ4v) is 1.32. The van der Waals surface area contributed by atoms with Gasteiger partial charge in [-0.05, 0) is 24.0 Å². The molecular weight excluding hydrogens is 178 g/mol. The highest BCUT2D eigenvalue weighted by atomic mass is 16.4. The number of aromatic carboxylic acids is 1. The van der Waals surface area contributed by atoms with Crippen molar-refractivity contribution in [3.8, 4) is 0 Å². The average molecular weight is 195 g/mol. The summed E-state index contributed by atoms with van der Waals surface area (Å²) in [5.74, 6) is -0.859. The Kier molecular flexibility index (Phi) is 2.99. The number of nitrogens with zero attached hydrogens (tertiary/aromatic N) is 1. The minimum atomic E-state index is -0.859. The van der Waals surface area contributed by atoms with Gasteiger partial charge in [-0.15, -0.1) is 0 Å². The van der Waals surface area contributed by atoms with E-state index in [-0.39, 0.29) is 5.41 Å². The fraction of sp³-hybridized carbons (Fsp3) is 0.545. The van der Waals surface area contributed by atoms with E-state index < -0.39 is 5.97 Å². The normalized spacial score (nSPS) is 11.6. The highest BCUT2D eigenvalue weighted by Crippen LogP contribution is 2.23. The molecule has 0 aromatic carbocycles. The first-order chi connectivity index (χ1) is 6.46. The second-order valence-electron chi connectivity index (χ2n) is 4.34. The third-order valence-electron chi connectivity index (χ3n) is 2.60. The molecular formula is C11H17NO2. The molecule has 0 aliphatic rings. The van der Waals surface area contributed by atoms with Gasteiger partial charge in [0.05, 0.1) is 0 Å². The summed E-state index contributed by atoms with van der Waals surface area (Å²) in [6.45, 7) is 7.14. The zero-order valence-corrected chi connectivity index (χ0v) is 8.95. The van der Waals surface area contributed by atoms with E-state index in [0.717, 1.165) is 13.0 Å². The number of carboxylic acids is 1. The van der Waals surface area contributed by atoms with Crippen molar-refractivity contribution < 1.29 is 9.90 Å². The Hall–Kier alpha value is -1.25. The Morgan fingerprint density at radius 2 is 2.21 bits per heavy atom. The Balaban J connectivity index is 2.86. The molecule has 0 atom stereocenters. The molecule has 0 amide bonds. The predicted octanol–water partition coefficient (Wildman–Crippen LogP) is 2.62. The molecule has 0 fully saturated rings. The van der Waals surface area contributed by atoms with E-state index in [1.54, 1.807) is 16.7 Å². The smallest absolute Gasteiger partial charge is 0.352 e. The number of hydrogen-bond donors (Lipinski definition) is 1. The van der Waals surface area contributed by atoms with Crippen LogP contribution in [0.4, 0.5) is 0 Å². The van der Waals surface area contributed by atoms with Crippen molar-refractivity contribution in [2.24, 2.45) is 5.41 Å². The molecule has 1 aromatic rings. The monoisotopic (exact) mass is 195 g/mol. The van der Waals surface area contributed by atoms with E-state index in [1.165, 1.54) is 0 Å². The highest BCUT2D eigenvalue weighted by molar-refractivity contribution is 5.85. The molecule has 1 aromatic heterocycles. The Morgan fingerprint density at radius 3 is 2.71 bits per heavy atom. The summed E-state index contributed by atoms with van der Waals surface area (Å²) < 4.78 is 1.80. The number of carbonyl (C=O) groups is 1. The first-order valence-corrected chi connectivity index (χ1v) is 4.85. The lowest BCUT2D eigenvalue weighted by Crippen LogP contribution is -2.20.